The second kappa shape index (κ2) is 6.71. The van der Waals surface area contributed by atoms with Crippen LogP contribution >= 0.6 is 0 Å². The molecule has 0 spiro atoms. The first kappa shape index (κ1) is 14.8. The average Bonchev–Trinajstić information content (AvgIpc) is 2.39. The van der Waals surface area contributed by atoms with Crippen molar-refractivity contribution in [2.45, 2.75) is 39.7 Å². The summed E-state index contributed by atoms with van der Waals surface area (Å²) in [5, 5.41) is 3.41. The molecule has 4 heteroatoms. The smallest absolute Gasteiger partial charge is 0.239 e. The maximum atomic E-state index is 12.4. The van der Waals surface area contributed by atoms with Crippen molar-refractivity contribution >= 4 is 5.91 Å². The Bertz CT molecular complexity index is 300. The molecule has 2 aliphatic heterocycles. The highest BCUT2D eigenvalue weighted by molar-refractivity contribution is 5.82. The van der Waals surface area contributed by atoms with Crippen LogP contribution in [0.5, 0.6) is 0 Å². The van der Waals surface area contributed by atoms with Crippen molar-refractivity contribution in [3.8, 4) is 0 Å². The fraction of sp³-hybridized carbons (Fsp3) is 0.933. The Kier molecular flexibility index (Phi) is 5.22. The van der Waals surface area contributed by atoms with Crippen LogP contribution in [0.4, 0.5) is 0 Å². The van der Waals surface area contributed by atoms with Crippen LogP contribution in [-0.4, -0.2) is 61.0 Å². The second-order valence-electron chi connectivity index (χ2n) is 6.54. The van der Waals surface area contributed by atoms with Crippen LogP contribution < -0.4 is 5.32 Å². The Morgan fingerprint density at radius 2 is 1.95 bits per heavy atom. The molecule has 110 valence electrons. The minimum Gasteiger partial charge on any atom is -0.340 e. The molecule has 0 aromatic carbocycles. The lowest BCUT2D eigenvalue weighted by atomic mass is 9.96. The van der Waals surface area contributed by atoms with E-state index in [1.165, 1.54) is 12.8 Å². The highest BCUT2D eigenvalue weighted by Gasteiger charge is 2.32. The number of amides is 1. The number of rotatable bonds is 4. The van der Waals surface area contributed by atoms with Gasteiger partial charge in [0.05, 0.1) is 6.04 Å². The first-order chi connectivity index (χ1) is 9.08. The summed E-state index contributed by atoms with van der Waals surface area (Å²) < 4.78 is 0. The van der Waals surface area contributed by atoms with E-state index in [4.69, 9.17) is 0 Å². The lowest BCUT2D eigenvalue weighted by Gasteiger charge is -2.41. The minimum absolute atomic E-state index is 0.0717. The van der Waals surface area contributed by atoms with Gasteiger partial charge >= 0.3 is 0 Å². The molecule has 1 atom stereocenters. The van der Waals surface area contributed by atoms with Gasteiger partial charge in [0.1, 0.15) is 0 Å². The highest BCUT2D eigenvalue weighted by atomic mass is 16.2. The fourth-order valence-electron chi connectivity index (χ4n) is 3.24. The summed E-state index contributed by atoms with van der Waals surface area (Å²) in [5.41, 5.74) is 0. The largest absolute Gasteiger partial charge is 0.340 e. The third-order valence-electron chi connectivity index (χ3n) is 4.41. The molecule has 1 N–H and O–H groups in total. The van der Waals surface area contributed by atoms with Gasteiger partial charge in [-0.2, -0.15) is 0 Å². The number of carbonyl (C=O) groups is 1. The molecule has 1 unspecified atom stereocenters. The normalized spacial score (nSPS) is 27.3. The topological polar surface area (TPSA) is 35.6 Å². The fourth-order valence-corrected chi connectivity index (χ4v) is 3.24. The van der Waals surface area contributed by atoms with Crippen LogP contribution in [0.3, 0.4) is 0 Å². The predicted molar refractivity (Wildman–Crippen MR) is 78.0 cm³/mol. The molecule has 2 fully saturated rings. The molecule has 0 aliphatic carbocycles. The number of nitrogens with zero attached hydrogens (tertiary/aromatic N) is 2. The van der Waals surface area contributed by atoms with Crippen molar-refractivity contribution in [1.82, 2.24) is 15.1 Å². The maximum absolute atomic E-state index is 12.4. The van der Waals surface area contributed by atoms with Crippen LogP contribution in [0.25, 0.3) is 0 Å². The lowest BCUT2D eigenvalue weighted by molar-refractivity contribution is -0.142. The van der Waals surface area contributed by atoms with Crippen LogP contribution in [0.1, 0.15) is 33.6 Å². The van der Waals surface area contributed by atoms with Crippen LogP contribution in [0.2, 0.25) is 0 Å². The summed E-state index contributed by atoms with van der Waals surface area (Å²) in [4.78, 5) is 16.8. The number of hydrogen-bond acceptors (Lipinski definition) is 3. The zero-order valence-electron chi connectivity index (χ0n) is 12.7. The average molecular weight is 267 g/mol. The molecule has 2 saturated heterocycles. The van der Waals surface area contributed by atoms with Gasteiger partial charge in [-0.1, -0.05) is 13.8 Å². The monoisotopic (exact) mass is 267 g/mol. The molecule has 19 heavy (non-hydrogen) atoms. The number of piperazine rings is 1. The van der Waals surface area contributed by atoms with Gasteiger partial charge < -0.3 is 10.2 Å². The Morgan fingerprint density at radius 1 is 1.26 bits per heavy atom. The van der Waals surface area contributed by atoms with E-state index in [9.17, 15) is 4.79 Å². The quantitative estimate of drug-likeness (QED) is 0.831. The molecule has 0 aromatic rings. The van der Waals surface area contributed by atoms with Gasteiger partial charge in [-0.05, 0) is 44.7 Å². The minimum atomic E-state index is 0.0717. The molecule has 0 bridgehead atoms. The van der Waals surface area contributed by atoms with Gasteiger partial charge in [-0.15, -0.1) is 0 Å². The zero-order chi connectivity index (χ0) is 13.8. The van der Waals surface area contributed by atoms with E-state index in [0.29, 0.717) is 11.8 Å². The van der Waals surface area contributed by atoms with E-state index in [2.05, 4.69) is 31.0 Å². The third kappa shape index (κ3) is 3.93. The molecule has 2 rings (SSSR count). The molecule has 0 saturated carbocycles. The van der Waals surface area contributed by atoms with E-state index in [0.717, 1.165) is 45.2 Å². The SMILES string of the molecule is CC(C)CN1CCN(CC2CCNCC2)C(C)C1=O. The summed E-state index contributed by atoms with van der Waals surface area (Å²) in [5.74, 6) is 1.66. The standard InChI is InChI=1S/C15H29N3O/c1-12(2)10-18-9-8-17(13(3)15(18)19)11-14-4-6-16-7-5-14/h12-14,16H,4-11H2,1-3H3. The van der Waals surface area contributed by atoms with Crippen molar-refractivity contribution in [2.75, 3.05) is 39.3 Å². The summed E-state index contributed by atoms with van der Waals surface area (Å²) in [6.45, 7) is 12.7. The van der Waals surface area contributed by atoms with Crippen molar-refractivity contribution in [3.05, 3.63) is 0 Å². The van der Waals surface area contributed by atoms with Crippen molar-refractivity contribution < 1.29 is 4.79 Å². The number of carbonyl (C=O) groups excluding carboxylic acids is 1. The van der Waals surface area contributed by atoms with E-state index >= 15 is 0 Å². The second-order valence-corrected chi connectivity index (χ2v) is 6.54. The van der Waals surface area contributed by atoms with Crippen molar-refractivity contribution in [3.63, 3.8) is 0 Å². The van der Waals surface area contributed by atoms with E-state index in [-0.39, 0.29) is 6.04 Å². The van der Waals surface area contributed by atoms with Crippen LogP contribution in [0.15, 0.2) is 0 Å². The zero-order valence-corrected chi connectivity index (χ0v) is 12.7. The summed E-state index contributed by atoms with van der Waals surface area (Å²) in [7, 11) is 0. The van der Waals surface area contributed by atoms with Gasteiger partial charge in [0.15, 0.2) is 0 Å². The van der Waals surface area contributed by atoms with Gasteiger partial charge in [0.25, 0.3) is 0 Å². The van der Waals surface area contributed by atoms with E-state index in [1.807, 2.05) is 4.90 Å². The van der Waals surface area contributed by atoms with Crippen LogP contribution in [0, 0.1) is 11.8 Å². The van der Waals surface area contributed by atoms with Gasteiger partial charge in [0.2, 0.25) is 5.91 Å². The Balaban J connectivity index is 1.85. The Labute approximate surface area is 117 Å². The Hall–Kier alpha value is -0.610. The molecule has 2 heterocycles. The van der Waals surface area contributed by atoms with Gasteiger partial charge in [-0.25, -0.2) is 0 Å². The number of piperidine rings is 1. The first-order valence-electron chi connectivity index (χ1n) is 7.81. The van der Waals surface area contributed by atoms with E-state index < -0.39 is 0 Å². The predicted octanol–water partition coefficient (Wildman–Crippen LogP) is 1.17. The third-order valence-corrected chi connectivity index (χ3v) is 4.41. The maximum Gasteiger partial charge on any atom is 0.239 e. The molecule has 0 aromatic heterocycles. The molecule has 1 amide bonds. The Morgan fingerprint density at radius 3 is 2.58 bits per heavy atom. The molecular weight excluding hydrogens is 238 g/mol. The highest BCUT2D eigenvalue weighted by Crippen LogP contribution is 2.19. The molecule has 0 radical (unpaired) electrons. The number of hydrogen-bond donors (Lipinski definition) is 1. The first-order valence-corrected chi connectivity index (χ1v) is 7.81. The lowest BCUT2D eigenvalue weighted by Crippen LogP contribution is -2.57. The molecule has 4 nitrogen and oxygen atoms in total. The summed E-state index contributed by atoms with van der Waals surface area (Å²) in [6, 6.07) is 0.0717. The number of nitrogens with one attached hydrogen (secondary N) is 1. The molecular formula is C15H29N3O. The van der Waals surface area contributed by atoms with Gasteiger partial charge in [0, 0.05) is 26.2 Å². The van der Waals surface area contributed by atoms with Crippen molar-refractivity contribution in [2.24, 2.45) is 11.8 Å². The van der Waals surface area contributed by atoms with Gasteiger partial charge in [-0.3, -0.25) is 9.69 Å². The summed E-state index contributed by atoms with van der Waals surface area (Å²) in [6.07, 6.45) is 2.51. The van der Waals surface area contributed by atoms with Crippen LogP contribution in [-0.2, 0) is 4.79 Å². The van der Waals surface area contributed by atoms with Crippen molar-refractivity contribution in [1.29, 1.82) is 0 Å². The van der Waals surface area contributed by atoms with E-state index in [1.54, 1.807) is 0 Å². The summed E-state index contributed by atoms with van der Waals surface area (Å²) >= 11 is 0. The molecule has 2 aliphatic rings.